The van der Waals surface area contributed by atoms with E-state index in [2.05, 4.69) is 62.9 Å². The van der Waals surface area contributed by atoms with E-state index in [1.54, 1.807) is 12.1 Å². The zero-order chi connectivity index (χ0) is 27.2. The lowest BCUT2D eigenvalue weighted by Crippen LogP contribution is -2.28. The van der Waals surface area contributed by atoms with Gasteiger partial charge in [0.25, 0.3) is 5.91 Å². The highest BCUT2D eigenvalue weighted by atomic mass is 35.5. The Labute approximate surface area is 236 Å². The van der Waals surface area contributed by atoms with E-state index in [1.165, 1.54) is 31.2 Å². The Kier molecular flexibility index (Phi) is 12.6. The third-order valence-corrected chi connectivity index (χ3v) is 6.83. The van der Waals surface area contributed by atoms with Gasteiger partial charge in [-0.05, 0) is 75.5 Å². The Balaban J connectivity index is 1.27. The number of anilines is 2. The summed E-state index contributed by atoms with van der Waals surface area (Å²) in [6.45, 7) is 3.11. The highest BCUT2D eigenvalue weighted by Gasteiger charge is 2.16. The van der Waals surface area contributed by atoms with Crippen LogP contribution in [0.25, 0.3) is 0 Å². The molecule has 0 saturated heterocycles. The molecule has 0 aliphatic carbocycles. The quantitative estimate of drug-likeness (QED) is 0.181. The zero-order valence-electron chi connectivity index (χ0n) is 22.1. The second-order valence-electron chi connectivity index (χ2n) is 9.49. The van der Waals surface area contributed by atoms with Crippen LogP contribution in [0.3, 0.4) is 0 Å². The molecule has 1 amide bonds. The largest absolute Gasteiger partial charge is 0.382 e. The summed E-state index contributed by atoms with van der Waals surface area (Å²) in [5, 5.41) is 6.73. The molecule has 38 heavy (non-hydrogen) atoms. The van der Waals surface area contributed by atoms with E-state index in [9.17, 15) is 4.79 Å². The minimum absolute atomic E-state index is 0.0361. The molecule has 0 aliphatic rings. The molecule has 204 valence electrons. The first-order chi connectivity index (χ1) is 18.4. The zero-order valence-corrected chi connectivity index (χ0v) is 23.6. The monoisotopic (exact) mass is 556 g/mol. The fourth-order valence-corrected chi connectivity index (χ4v) is 4.43. The Morgan fingerprint density at radius 3 is 2.29 bits per heavy atom. The molecule has 3 aromatic rings. The van der Waals surface area contributed by atoms with Gasteiger partial charge in [-0.2, -0.15) is 0 Å². The van der Waals surface area contributed by atoms with Gasteiger partial charge in [0.1, 0.15) is 0 Å². The summed E-state index contributed by atoms with van der Waals surface area (Å²) in [6, 6.07) is 18.1. The first kappa shape index (κ1) is 29.7. The number of benzene rings is 2. The molecule has 7 nitrogen and oxygen atoms in total. The molecular formula is C29H38Cl2N6O. The van der Waals surface area contributed by atoms with Crippen LogP contribution in [0, 0.1) is 0 Å². The lowest BCUT2D eigenvalue weighted by Gasteiger charge is -2.16. The summed E-state index contributed by atoms with van der Waals surface area (Å²) in [6.07, 6.45) is 8.02. The van der Waals surface area contributed by atoms with Gasteiger partial charge >= 0.3 is 0 Å². The molecule has 2 aromatic carbocycles. The number of unbranched alkanes of at least 4 members (excludes halogenated alkanes) is 4. The van der Waals surface area contributed by atoms with Crippen LogP contribution in [0.15, 0.2) is 54.6 Å². The van der Waals surface area contributed by atoms with Crippen LogP contribution in [-0.4, -0.2) is 47.5 Å². The van der Waals surface area contributed by atoms with Crippen LogP contribution in [0.1, 0.15) is 60.1 Å². The highest BCUT2D eigenvalue weighted by molar-refractivity contribution is 6.32. The number of hydrogen-bond acceptors (Lipinski definition) is 6. The maximum absolute atomic E-state index is 12.6. The number of amides is 1. The minimum atomic E-state index is -0.370. The van der Waals surface area contributed by atoms with Gasteiger partial charge in [-0.3, -0.25) is 4.79 Å². The maximum atomic E-state index is 12.6. The average molecular weight is 558 g/mol. The molecule has 4 N–H and O–H groups in total. The van der Waals surface area contributed by atoms with E-state index in [1.807, 2.05) is 12.1 Å². The number of carbonyl (C=O) groups is 1. The Morgan fingerprint density at radius 2 is 1.55 bits per heavy atom. The number of rotatable bonds is 16. The first-order valence-corrected chi connectivity index (χ1v) is 14.0. The van der Waals surface area contributed by atoms with Crippen LogP contribution in [0.5, 0.6) is 0 Å². The molecule has 0 aliphatic heterocycles. The molecule has 0 fully saturated rings. The maximum Gasteiger partial charge on any atom is 0.273 e. The molecule has 1 heterocycles. The van der Waals surface area contributed by atoms with Crippen molar-refractivity contribution in [1.29, 1.82) is 0 Å². The van der Waals surface area contributed by atoms with Gasteiger partial charge in [0.05, 0.1) is 0 Å². The van der Waals surface area contributed by atoms with Crippen LogP contribution in [0.4, 0.5) is 11.6 Å². The van der Waals surface area contributed by atoms with Gasteiger partial charge in [-0.1, -0.05) is 78.5 Å². The molecule has 0 saturated carbocycles. The Hall–Kier alpha value is -2.87. The lowest BCUT2D eigenvalue weighted by atomic mass is 10.1. The van der Waals surface area contributed by atoms with Gasteiger partial charge in [-0.25, -0.2) is 9.97 Å². The number of nitrogens with two attached hydrogens (primary N) is 1. The number of aromatic nitrogens is 2. The van der Waals surface area contributed by atoms with E-state index >= 15 is 0 Å². The third-order valence-electron chi connectivity index (χ3n) is 6.32. The molecule has 9 heteroatoms. The lowest BCUT2D eigenvalue weighted by molar-refractivity contribution is 0.0948. The fraction of sp³-hybridized carbons (Fsp3) is 0.414. The third kappa shape index (κ3) is 10.5. The van der Waals surface area contributed by atoms with Crippen molar-refractivity contribution in [2.75, 3.05) is 37.7 Å². The molecule has 0 atom stereocenters. The van der Waals surface area contributed by atoms with E-state index in [0.717, 1.165) is 37.9 Å². The van der Waals surface area contributed by atoms with Crippen molar-refractivity contribution in [3.05, 3.63) is 81.6 Å². The normalized spacial score (nSPS) is 11.1. The SMILES string of the molecule is CN(CCCCCCc1ccccc1)CCCCNC(=O)c1nc(Cl)c(NCc2ccc(Cl)cc2)nc1N. The topological polar surface area (TPSA) is 96.2 Å². The summed E-state index contributed by atoms with van der Waals surface area (Å²) in [7, 11) is 2.16. The van der Waals surface area contributed by atoms with Crippen LogP contribution in [-0.2, 0) is 13.0 Å². The van der Waals surface area contributed by atoms with Crippen molar-refractivity contribution in [2.45, 2.75) is 51.5 Å². The Bertz CT molecular complexity index is 1130. The number of nitrogens with zero attached hydrogens (tertiary/aromatic N) is 3. The molecule has 0 spiro atoms. The van der Waals surface area contributed by atoms with Crippen LogP contribution in [0.2, 0.25) is 10.2 Å². The molecule has 0 radical (unpaired) electrons. The van der Waals surface area contributed by atoms with Crippen LogP contribution >= 0.6 is 23.2 Å². The summed E-state index contributed by atoms with van der Waals surface area (Å²) in [4.78, 5) is 23.3. The second-order valence-corrected chi connectivity index (χ2v) is 10.3. The van der Waals surface area contributed by atoms with Crippen molar-refractivity contribution < 1.29 is 4.79 Å². The van der Waals surface area contributed by atoms with Gasteiger partial charge in [0.2, 0.25) is 0 Å². The van der Waals surface area contributed by atoms with Crippen molar-refractivity contribution in [2.24, 2.45) is 0 Å². The molecule has 0 unspecified atom stereocenters. The smallest absolute Gasteiger partial charge is 0.273 e. The standard InChI is InChI=1S/C29H38Cl2N6O/c1-37(19-9-3-2-5-11-22-12-6-4-7-13-22)20-10-8-18-33-29(38)25-27(32)36-28(26(31)35-25)34-21-23-14-16-24(30)17-15-23/h4,6-7,12-17H,2-3,5,8-11,18-21H2,1H3,(H,33,38)(H3,32,34,36). The molecule has 0 bridgehead atoms. The summed E-state index contributed by atoms with van der Waals surface area (Å²) in [5.74, 6) is -0.00563. The van der Waals surface area contributed by atoms with Gasteiger partial charge in [-0.15, -0.1) is 0 Å². The van der Waals surface area contributed by atoms with Crippen LogP contribution < -0.4 is 16.4 Å². The molecular weight excluding hydrogens is 519 g/mol. The van der Waals surface area contributed by atoms with Crippen molar-refractivity contribution in [1.82, 2.24) is 20.2 Å². The number of halogens is 2. The van der Waals surface area contributed by atoms with E-state index in [0.29, 0.717) is 23.9 Å². The Morgan fingerprint density at radius 1 is 0.868 bits per heavy atom. The summed E-state index contributed by atoms with van der Waals surface area (Å²) >= 11 is 12.2. The molecule has 3 rings (SSSR count). The first-order valence-electron chi connectivity index (χ1n) is 13.2. The van der Waals surface area contributed by atoms with Crippen molar-refractivity contribution in [3.63, 3.8) is 0 Å². The number of carbonyl (C=O) groups excluding carboxylic acids is 1. The highest BCUT2D eigenvalue weighted by Crippen LogP contribution is 2.21. The van der Waals surface area contributed by atoms with E-state index in [-0.39, 0.29) is 22.6 Å². The van der Waals surface area contributed by atoms with Gasteiger partial charge < -0.3 is 21.3 Å². The van der Waals surface area contributed by atoms with E-state index < -0.39 is 0 Å². The van der Waals surface area contributed by atoms with Gasteiger partial charge in [0.15, 0.2) is 22.5 Å². The van der Waals surface area contributed by atoms with Crippen molar-refractivity contribution >= 4 is 40.7 Å². The van der Waals surface area contributed by atoms with Gasteiger partial charge in [0, 0.05) is 18.1 Å². The number of aryl methyl sites for hydroxylation is 1. The summed E-state index contributed by atoms with van der Waals surface area (Å²) in [5.41, 5.74) is 8.46. The van der Waals surface area contributed by atoms with Crippen molar-refractivity contribution in [3.8, 4) is 0 Å². The summed E-state index contributed by atoms with van der Waals surface area (Å²) < 4.78 is 0. The number of nitrogen functional groups attached to an aromatic ring is 1. The number of hydrogen-bond donors (Lipinski definition) is 3. The number of nitrogens with one attached hydrogen (secondary N) is 2. The second kappa shape index (κ2) is 16.2. The predicted octanol–water partition coefficient (Wildman–Crippen LogP) is 6.22. The van der Waals surface area contributed by atoms with E-state index in [4.69, 9.17) is 28.9 Å². The fourth-order valence-electron chi connectivity index (χ4n) is 4.11. The molecule has 1 aromatic heterocycles. The average Bonchev–Trinajstić information content (AvgIpc) is 2.92. The minimum Gasteiger partial charge on any atom is -0.382 e. The predicted molar refractivity (Wildman–Crippen MR) is 158 cm³/mol.